The average Bonchev–Trinajstić information content (AvgIpc) is 2.87. The van der Waals surface area contributed by atoms with E-state index in [1.54, 1.807) is 28.8 Å². The van der Waals surface area contributed by atoms with Gasteiger partial charge in [-0.1, -0.05) is 11.6 Å². The van der Waals surface area contributed by atoms with Gasteiger partial charge in [0.1, 0.15) is 0 Å². The summed E-state index contributed by atoms with van der Waals surface area (Å²) in [5.74, 6) is 1.02. The van der Waals surface area contributed by atoms with Gasteiger partial charge in [-0.3, -0.25) is 9.69 Å². The van der Waals surface area contributed by atoms with Crippen molar-refractivity contribution in [2.45, 2.75) is 5.37 Å². The van der Waals surface area contributed by atoms with E-state index < -0.39 is 0 Å². The second-order valence-corrected chi connectivity index (χ2v) is 5.84. The Labute approximate surface area is 114 Å². The molecule has 0 aliphatic carbocycles. The van der Waals surface area contributed by atoms with Crippen molar-refractivity contribution in [1.29, 1.82) is 0 Å². The van der Waals surface area contributed by atoms with Crippen LogP contribution >= 0.6 is 35.6 Å². The molecule has 3 rings (SSSR count). The Morgan fingerprint density at radius 3 is 2.71 bits per heavy atom. The number of anilines is 1. The molecule has 17 heavy (non-hydrogen) atoms. The molecule has 1 unspecified atom stereocenters. The predicted octanol–water partition coefficient (Wildman–Crippen LogP) is 2.35. The number of thiocarbonyl (C=S) groups is 1. The minimum absolute atomic E-state index is 0.0554. The average molecular weight is 285 g/mol. The first-order valence-corrected chi connectivity index (χ1v) is 7.04. The number of thioether (sulfide) groups is 1. The number of nitrogens with zero attached hydrogens (tertiary/aromatic N) is 2. The van der Waals surface area contributed by atoms with Gasteiger partial charge in [0.05, 0.1) is 5.69 Å². The van der Waals surface area contributed by atoms with Gasteiger partial charge in [0, 0.05) is 17.3 Å². The van der Waals surface area contributed by atoms with Gasteiger partial charge >= 0.3 is 0 Å². The number of benzene rings is 1. The van der Waals surface area contributed by atoms with Gasteiger partial charge in [-0.25, -0.2) is 0 Å². The van der Waals surface area contributed by atoms with Crippen molar-refractivity contribution >= 4 is 52.3 Å². The quantitative estimate of drug-likeness (QED) is 0.739. The second kappa shape index (κ2) is 4.15. The van der Waals surface area contributed by atoms with Crippen LogP contribution < -0.4 is 4.90 Å². The first kappa shape index (κ1) is 11.3. The van der Waals surface area contributed by atoms with Gasteiger partial charge in [-0.2, -0.15) is 0 Å². The second-order valence-electron chi connectivity index (χ2n) is 3.85. The number of fused-ring (bicyclic) bond motifs is 1. The normalized spacial score (nSPS) is 23.5. The number of amides is 1. The number of hydrogen-bond donors (Lipinski definition) is 0. The van der Waals surface area contributed by atoms with Crippen LogP contribution in [-0.2, 0) is 4.79 Å². The highest BCUT2D eigenvalue weighted by molar-refractivity contribution is 8.01. The lowest BCUT2D eigenvalue weighted by Gasteiger charge is -2.18. The molecule has 0 aromatic heterocycles. The largest absolute Gasteiger partial charge is 0.327 e. The third-order valence-electron chi connectivity index (χ3n) is 2.84. The van der Waals surface area contributed by atoms with Crippen LogP contribution in [0.1, 0.15) is 0 Å². The molecule has 2 aliphatic rings. The SMILES string of the molecule is O=C1C2SCCN2C(=S)N1c1ccc(Cl)cc1. The Hall–Kier alpha value is -0.780. The van der Waals surface area contributed by atoms with Crippen molar-refractivity contribution in [3.63, 3.8) is 0 Å². The molecule has 1 amide bonds. The third-order valence-corrected chi connectivity index (χ3v) is 4.70. The summed E-state index contributed by atoms with van der Waals surface area (Å²) in [7, 11) is 0. The summed E-state index contributed by atoms with van der Waals surface area (Å²) in [5.41, 5.74) is 0.791. The van der Waals surface area contributed by atoms with E-state index in [-0.39, 0.29) is 11.3 Å². The van der Waals surface area contributed by atoms with Crippen molar-refractivity contribution in [1.82, 2.24) is 4.90 Å². The number of carbonyl (C=O) groups is 1. The van der Waals surface area contributed by atoms with Crippen LogP contribution in [0.5, 0.6) is 0 Å². The number of hydrogen-bond acceptors (Lipinski definition) is 3. The summed E-state index contributed by atoms with van der Waals surface area (Å²) >= 11 is 12.8. The lowest BCUT2D eigenvalue weighted by Crippen LogP contribution is -2.33. The summed E-state index contributed by atoms with van der Waals surface area (Å²) in [6.45, 7) is 0.851. The summed E-state index contributed by atoms with van der Waals surface area (Å²) < 4.78 is 0. The number of carbonyl (C=O) groups excluding carboxylic acids is 1. The van der Waals surface area contributed by atoms with Crippen molar-refractivity contribution in [2.75, 3.05) is 17.2 Å². The molecule has 0 radical (unpaired) electrons. The van der Waals surface area contributed by atoms with Gasteiger partial charge in [-0.15, -0.1) is 11.8 Å². The third kappa shape index (κ3) is 1.73. The lowest BCUT2D eigenvalue weighted by molar-refractivity contribution is -0.117. The molecule has 2 fully saturated rings. The highest BCUT2D eigenvalue weighted by Crippen LogP contribution is 2.35. The maximum absolute atomic E-state index is 12.2. The highest BCUT2D eigenvalue weighted by atomic mass is 35.5. The van der Waals surface area contributed by atoms with E-state index in [9.17, 15) is 4.79 Å². The van der Waals surface area contributed by atoms with Crippen LogP contribution in [0.25, 0.3) is 0 Å². The molecule has 1 atom stereocenters. The van der Waals surface area contributed by atoms with Crippen LogP contribution in [0.2, 0.25) is 5.02 Å². The monoisotopic (exact) mass is 284 g/mol. The Morgan fingerprint density at radius 1 is 1.35 bits per heavy atom. The van der Waals surface area contributed by atoms with E-state index in [1.807, 2.05) is 17.0 Å². The minimum atomic E-state index is -0.127. The molecule has 0 spiro atoms. The molecule has 1 aromatic carbocycles. The number of rotatable bonds is 1. The van der Waals surface area contributed by atoms with Crippen LogP contribution in [-0.4, -0.2) is 33.6 Å². The van der Waals surface area contributed by atoms with Crippen molar-refractivity contribution in [2.24, 2.45) is 0 Å². The van der Waals surface area contributed by atoms with Crippen LogP contribution in [0.15, 0.2) is 24.3 Å². The molecular weight excluding hydrogens is 276 g/mol. The standard InChI is InChI=1S/C11H9ClN2OS2/c12-7-1-3-8(4-2-7)14-9(15)10-13(11(14)16)5-6-17-10/h1-4,10H,5-6H2. The Morgan fingerprint density at radius 2 is 2.06 bits per heavy atom. The molecular formula is C11H9ClN2OS2. The lowest BCUT2D eigenvalue weighted by atomic mass is 10.3. The molecule has 2 saturated heterocycles. The Balaban J connectivity index is 1.96. The molecule has 88 valence electrons. The van der Waals surface area contributed by atoms with Gasteiger partial charge < -0.3 is 4.90 Å². The van der Waals surface area contributed by atoms with Crippen LogP contribution in [0, 0.1) is 0 Å². The molecule has 0 bridgehead atoms. The predicted molar refractivity (Wildman–Crippen MR) is 74.5 cm³/mol. The first-order valence-electron chi connectivity index (χ1n) is 5.20. The summed E-state index contributed by atoms with van der Waals surface area (Å²) in [6.07, 6.45) is 0. The molecule has 2 heterocycles. The van der Waals surface area contributed by atoms with E-state index in [1.165, 1.54) is 0 Å². The van der Waals surface area contributed by atoms with E-state index in [2.05, 4.69) is 0 Å². The van der Waals surface area contributed by atoms with Crippen molar-refractivity contribution in [3.8, 4) is 0 Å². The topological polar surface area (TPSA) is 23.6 Å². The van der Waals surface area contributed by atoms with E-state index in [0.717, 1.165) is 18.0 Å². The van der Waals surface area contributed by atoms with Gasteiger partial charge in [0.2, 0.25) is 0 Å². The Kier molecular flexibility index (Phi) is 2.77. The van der Waals surface area contributed by atoms with Gasteiger partial charge in [0.25, 0.3) is 5.91 Å². The molecule has 0 N–H and O–H groups in total. The van der Waals surface area contributed by atoms with Crippen LogP contribution in [0.3, 0.4) is 0 Å². The fourth-order valence-corrected chi connectivity index (χ4v) is 3.77. The summed E-state index contributed by atoms with van der Waals surface area (Å²) in [5, 5.41) is 1.13. The van der Waals surface area contributed by atoms with Gasteiger partial charge in [-0.05, 0) is 36.5 Å². The van der Waals surface area contributed by atoms with E-state index in [0.29, 0.717) is 10.1 Å². The molecule has 1 aromatic rings. The fraction of sp³-hybridized carbons (Fsp3) is 0.273. The molecule has 6 heteroatoms. The van der Waals surface area contributed by atoms with Crippen molar-refractivity contribution < 1.29 is 4.79 Å². The molecule has 2 aliphatic heterocycles. The highest BCUT2D eigenvalue weighted by Gasteiger charge is 2.46. The Bertz CT molecular complexity index is 469. The smallest absolute Gasteiger partial charge is 0.266 e. The van der Waals surface area contributed by atoms with Crippen LogP contribution in [0.4, 0.5) is 5.69 Å². The van der Waals surface area contributed by atoms with E-state index in [4.69, 9.17) is 23.8 Å². The fourth-order valence-electron chi connectivity index (χ4n) is 2.03. The first-order chi connectivity index (χ1) is 8.18. The maximum Gasteiger partial charge on any atom is 0.266 e. The zero-order valence-corrected chi connectivity index (χ0v) is 11.2. The number of halogens is 1. The molecule has 3 nitrogen and oxygen atoms in total. The maximum atomic E-state index is 12.2. The summed E-state index contributed by atoms with van der Waals surface area (Å²) in [6, 6.07) is 7.17. The summed E-state index contributed by atoms with van der Waals surface area (Å²) in [4.78, 5) is 15.8. The van der Waals surface area contributed by atoms with Crippen molar-refractivity contribution in [3.05, 3.63) is 29.3 Å². The minimum Gasteiger partial charge on any atom is -0.327 e. The molecule has 0 saturated carbocycles. The zero-order chi connectivity index (χ0) is 12.0. The van der Waals surface area contributed by atoms with E-state index >= 15 is 0 Å². The zero-order valence-electron chi connectivity index (χ0n) is 8.80. The van der Waals surface area contributed by atoms with Gasteiger partial charge in [0.15, 0.2) is 10.5 Å².